The van der Waals surface area contributed by atoms with Gasteiger partial charge >= 0.3 is 5.97 Å². The minimum absolute atomic E-state index is 0.00516. The summed E-state index contributed by atoms with van der Waals surface area (Å²) in [6, 6.07) is -0.867. The van der Waals surface area contributed by atoms with Crippen molar-refractivity contribution in [2.24, 2.45) is 35.3 Å². The van der Waals surface area contributed by atoms with Crippen LogP contribution in [-0.2, 0) is 4.79 Å². The molecule has 3 aliphatic carbocycles. The normalized spacial score (nSPS) is 40.9. The predicted molar refractivity (Wildman–Crippen MR) is 120 cm³/mol. The van der Waals surface area contributed by atoms with Gasteiger partial charge in [0, 0.05) is 11.8 Å². The second kappa shape index (κ2) is 11.6. The Labute approximate surface area is 186 Å². The molecule has 0 aromatic carbocycles. The van der Waals surface area contributed by atoms with E-state index in [-0.39, 0.29) is 30.0 Å². The van der Waals surface area contributed by atoms with Crippen LogP contribution in [0.1, 0.15) is 70.6 Å². The molecule has 3 fully saturated rings. The maximum Gasteiger partial charge on any atom is 0.320 e. The van der Waals surface area contributed by atoms with E-state index in [1.807, 2.05) is 0 Å². The summed E-state index contributed by atoms with van der Waals surface area (Å²) in [5.74, 6) is 0.0793. The number of hydrogen-bond acceptors (Lipinski definition) is 5. The Morgan fingerprint density at radius 1 is 0.774 bits per heavy atom. The topological polar surface area (TPSA) is 124 Å². The predicted octanol–water partition coefficient (Wildman–Crippen LogP) is 3.01. The van der Waals surface area contributed by atoms with Crippen molar-refractivity contribution < 1.29 is 25.2 Å². The Hall–Kier alpha value is -1.21. The van der Waals surface area contributed by atoms with Crippen LogP contribution in [0.15, 0.2) is 24.3 Å². The first kappa shape index (κ1) is 24.4. The first-order chi connectivity index (χ1) is 14.8. The second-order valence-electron chi connectivity index (χ2n) is 10.2. The van der Waals surface area contributed by atoms with E-state index in [4.69, 9.17) is 5.73 Å². The summed E-state index contributed by atoms with van der Waals surface area (Å²) in [6.45, 7) is 0. The molecule has 0 bridgehead atoms. The summed E-state index contributed by atoms with van der Waals surface area (Å²) in [5, 5.41) is 39.8. The van der Waals surface area contributed by atoms with E-state index >= 15 is 0 Å². The second-order valence-corrected chi connectivity index (χ2v) is 10.2. The lowest BCUT2D eigenvalue weighted by Gasteiger charge is -2.38. The maximum absolute atomic E-state index is 11.3. The number of carboxylic acid groups (broad SMARTS) is 1. The lowest BCUT2D eigenvalue weighted by Crippen LogP contribution is -2.39. The molecule has 6 nitrogen and oxygen atoms in total. The van der Waals surface area contributed by atoms with Crippen molar-refractivity contribution in [3.63, 3.8) is 0 Å². The van der Waals surface area contributed by atoms with Crippen LogP contribution in [0.4, 0.5) is 0 Å². The van der Waals surface area contributed by atoms with Crippen LogP contribution in [0.3, 0.4) is 0 Å². The van der Waals surface area contributed by atoms with Crippen LogP contribution < -0.4 is 5.73 Å². The summed E-state index contributed by atoms with van der Waals surface area (Å²) >= 11 is 0. The van der Waals surface area contributed by atoms with Gasteiger partial charge in [-0.1, -0.05) is 24.3 Å². The van der Waals surface area contributed by atoms with E-state index in [9.17, 15) is 25.2 Å². The van der Waals surface area contributed by atoms with Gasteiger partial charge in [-0.2, -0.15) is 0 Å². The van der Waals surface area contributed by atoms with Crippen molar-refractivity contribution >= 4 is 5.97 Å². The zero-order valence-electron chi connectivity index (χ0n) is 18.6. The molecule has 0 radical (unpaired) electrons. The average Bonchev–Trinajstić information content (AvgIpc) is 2.75. The van der Waals surface area contributed by atoms with E-state index in [0.717, 1.165) is 64.2 Å². The van der Waals surface area contributed by atoms with Crippen molar-refractivity contribution in [3.05, 3.63) is 24.3 Å². The summed E-state index contributed by atoms with van der Waals surface area (Å²) in [5.41, 5.74) is 5.84. The van der Waals surface area contributed by atoms with E-state index in [1.165, 1.54) is 0 Å². The van der Waals surface area contributed by atoms with Crippen molar-refractivity contribution in [1.29, 1.82) is 0 Å². The van der Waals surface area contributed by atoms with Gasteiger partial charge in [-0.3, -0.25) is 4.79 Å². The third-order valence-corrected chi connectivity index (χ3v) is 7.74. The highest BCUT2D eigenvalue weighted by molar-refractivity contribution is 5.73. The Morgan fingerprint density at radius 2 is 1.19 bits per heavy atom. The molecule has 3 saturated carbocycles. The molecule has 3 rings (SSSR count). The molecular weight excluding hydrogens is 394 g/mol. The minimum Gasteiger partial charge on any atom is -0.480 e. The largest absolute Gasteiger partial charge is 0.480 e. The summed E-state index contributed by atoms with van der Waals surface area (Å²) < 4.78 is 0. The van der Waals surface area contributed by atoms with Gasteiger partial charge in [-0.05, 0) is 88.4 Å². The molecule has 0 amide bonds. The molecule has 31 heavy (non-hydrogen) atoms. The Balaban J connectivity index is 1.65. The molecule has 6 N–H and O–H groups in total. The number of allylic oxidation sites excluding steroid dienone is 2. The summed E-state index contributed by atoms with van der Waals surface area (Å²) in [7, 11) is 0. The molecule has 0 aromatic heterocycles. The first-order valence-electron chi connectivity index (χ1n) is 12.2. The van der Waals surface area contributed by atoms with Crippen LogP contribution >= 0.6 is 0 Å². The van der Waals surface area contributed by atoms with E-state index < -0.39 is 18.1 Å². The van der Waals surface area contributed by atoms with Gasteiger partial charge in [-0.25, -0.2) is 0 Å². The quantitative estimate of drug-likeness (QED) is 0.392. The van der Waals surface area contributed by atoms with Gasteiger partial charge in [-0.15, -0.1) is 0 Å². The van der Waals surface area contributed by atoms with Crippen molar-refractivity contribution in [2.75, 3.05) is 0 Å². The fourth-order valence-electron chi connectivity index (χ4n) is 5.69. The zero-order chi connectivity index (χ0) is 22.4. The third-order valence-electron chi connectivity index (χ3n) is 7.74. The molecule has 0 spiro atoms. The minimum atomic E-state index is -0.966. The highest BCUT2D eigenvalue weighted by Crippen LogP contribution is 2.39. The zero-order valence-corrected chi connectivity index (χ0v) is 18.6. The lowest BCUT2D eigenvalue weighted by atomic mass is 9.70. The van der Waals surface area contributed by atoms with Gasteiger partial charge < -0.3 is 26.2 Å². The molecule has 176 valence electrons. The molecule has 3 unspecified atom stereocenters. The highest BCUT2D eigenvalue weighted by Gasteiger charge is 2.36. The SMILES string of the molecule is NC(CC1CC(/C=C/C2CCC(O)CC2)C(O)C(/C=C/C2CCC(O)CC2)C1)C(=O)O. The molecular formula is C25H41NO5. The standard InChI is InChI=1S/C25H41NO5/c26-23(25(30)31)15-18-13-19(7-1-16-3-9-21(27)10-4-16)24(29)20(14-18)8-2-17-5-11-22(28)12-6-17/h1-2,7-8,16-24,27-29H,3-6,9-15,26H2,(H,30,31)/b7-1+,8-2+. The Morgan fingerprint density at radius 3 is 1.58 bits per heavy atom. The van der Waals surface area contributed by atoms with Gasteiger partial charge in [0.15, 0.2) is 0 Å². The fraction of sp³-hybridized carbons (Fsp3) is 0.800. The van der Waals surface area contributed by atoms with Crippen molar-refractivity contribution in [1.82, 2.24) is 0 Å². The third kappa shape index (κ3) is 7.41. The number of nitrogens with two attached hydrogens (primary N) is 1. The molecule has 0 saturated heterocycles. The molecule has 6 heteroatoms. The summed E-state index contributed by atoms with van der Waals surface area (Å²) in [4.78, 5) is 11.3. The maximum atomic E-state index is 11.3. The fourth-order valence-corrected chi connectivity index (χ4v) is 5.69. The number of aliphatic hydroxyl groups excluding tert-OH is 3. The first-order valence-corrected chi connectivity index (χ1v) is 12.2. The monoisotopic (exact) mass is 435 g/mol. The molecule has 3 atom stereocenters. The van der Waals surface area contributed by atoms with Crippen molar-refractivity contribution in [2.45, 2.75) is 95.0 Å². The van der Waals surface area contributed by atoms with Crippen LogP contribution in [0.25, 0.3) is 0 Å². The van der Waals surface area contributed by atoms with Crippen LogP contribution in [0.2, 0.25) is 0 Å². The van der Waals surface area contributed by atoms with Crippen molar-refractivity contribution in [3.8, 4) is 0 Å². The van der Waals surface area contributed by atoms with E-state index in [0.29, 0.717) is 18.3 Å². The number of hydrogen-bond donors (Lipinski definition) is 5. The number of carboxylic acids is 1. The van der Waals surface area contributed by atoms with Gasteiger partial charge in [0.2, 0.25) is 0 Å². The Kier molecular flexibility index (Phi) is 9.14. The Bertz CT molecular complexity index is 577. The van der Waals surface area contributed by atoms with Gasteiger partial charge in [0.25, 0.3) is 0 Å². The van der Waals surface area contributed by atoms with E-state index in [1.54, 1.807) is 0 Å². The van der Waals surface area contributed by atoms with Crippen LogP contribution in [0.5, 0.6) is 0 Å². The molecule has 0 aliphatic heterocycles. The number of aliphatic carboxylic acids is 1. The molecule has 3 aliphatic rings. The average molecular weight is 436 g/mol. The van der Waals surface area contributed by atoms with Crippen LogP contribution in [-0.4, -0.2) is 50.7 Å². The smallest absolute Gasteiger partial charge is 0.320 e. The molecule has 0 aromatic rings. The highest BCUT2D eigenvalue weighted by atomic mass is 16.4. The van der Waals surface area contributed by atoms with Gasteiger partial charge in [0.05, 0.1) is 18.3 Å². The number of rotatable bonds is 7. The number of carbonyl (C=O) groups is 1. The van der Waals surface area contributed by atoms with Crippen LogP contribution in [0, 0.1) is 29.6 Å². The number of aliphatic hydroxyl groups is 3. The summed E-state index contributed by atoms with van der Waals surface area (Å²) in [6.07, 6.45) is 17.1. The lowest BCUT2D eigenvalue weighted by molar-refractivity contribution is -0.139. The molecule has 0 heterocycles. The van der Waals surface area contributed by atoms with Gasteiger partial charge in [0.1, 0.15) is 6.04 Å². The van der Waals surface area contributed by atoms with E-state index in [2.05, 4.69) is 24.3 Å².